The van der Waals surface area contributed by atoms with E-state index in [9.17, 15) is 10.1 Å². The highest BCUT2D eigenvalue weighted by Crippen LogP contribution is 2.57. The lowest BCUT2D eigenvalue weighted by molar-refractivity contribution is -0.118. The predicted molar refractivity (Wildman–Crippen MR) is 140 cm³/mol. The summed E-state index contributed by atoms with van der Waals surface area (Å²) in [7, 11) is 0. The Kier molecular flexibility index (Phi) is 4.44. The van der Waals surface area contributed by atoms with E-state index in [1.807, 2.05) is 84.9 Å². The topological polar surface area (TPSA) is 95.9 Å². The molecule has 1 atom stereocenters. The fraction of sp³-hybridized carbons (Fsp3) is 0.0333. The van der Waals surface area contributed by atoms with Gasteiger partial charge in [-0.05, 0) is 30.3 Å². The number of anilines is 2. The minimum atomic E-state index is -1.44. The van der Waals surface area contributed by atoms with Crippen molar-refractivity contribution in [2.75, 3.05) is 10.6 Å². The molecule has 2 aliphatic rings. The third-order valence-electron chi connectivity index (χ3n) is 6.98. The van der Waals surface area contributed by atoms with E-state index < -0.39 is 5.41 Å². The molecule has 2 aromatic heterocycles. The maximum atomic E-state index is 14.2. The largest absolute Gasteiger partial charge is 0.463 e. The number of hydrogen-bond donors (Lipinski definition) is 2. The van der Waals surface area contributed by atoms with E-state index in [1.54, 1.807) is 23.1 Å². The molecule has 2 N–H and O–H groups in total. The Morgan fingerprint density at radius 3 is 2.32 bits per heavy atom. The number of aromatic nitrogens is 2. The van der Waals surface area contributed by atoms with Crippen molar-refractivity contribution in [3.8, 4) is 23.0 Å². The fourth-order valence-electron chi connectivity index (χ4n) is 5.44. The Bertz CT molecular complexity index is 1750. The molecule has 7 nitrogen and oxygen atoms in total. The summed E-state index contributed by atoms with van der Waals surface area (Å²) in [6.07, 6.45) is 1.55. The van der Waals surface area contributed by atoms with Crippen LogP contribution in [0.2, 0.25) is 0 Å². The summed E-state index contributed by atoms with van der Waals surface area (Å²) < 4.78 is 7.55. The zero-order valence-electron chi connectivity index (χ0n) is 19.5. The summed E-state index contributed by atoms with van der Waals surface area (Å²) in [4.78, 5) is 14.2. The molecule has 1 spiro atoms. The molecule has 2 aliphatic heterocycles. The first-order valence-electron chi connectivity index (χ1n) is 11.8. The number of nitriles is 1. The zero-order valence-corrected chi connectivity index (χ0v) is 19.5. The molecular formula is C30H19N5O2. The molecule has 0 radical (unpaired) electrons. The third kappa shape index (κ3) is 2.81. The number of amides is 1. The van der Waals surface area contributed by atoms with Crippen LogP contribution >= 0.6 is 0 Å². The molecule has 0 saturated heterocycles. The van der Waals surface area contributed by atoms with Crippen LogP contribution in [0, 0.1) is 11.3 Å². The lowest BCUT2D eigenvalue weighted by Gasteiger charge is -2.34. The van der Waals surface area contributed by atoms with Gasteiger partial charge in [0.15, 0.2) is 5.76 Å². The van der Waals surface area contributed by atoms with Crippen molar-refractivity contribution < 1.29 is 9.21 Å². The summed E-state index contributed by atoms with van der Waals surface area (Å²) in [5, 5.41) is 22.2. The van der Waals surface area contributed by atoms with E-state index in [0.717, 1.165) is 11.3 Å². The molecule has 37 heavy (non-hydrogen) atoms. The number of carbonyl (C=O) groups is 1. The lowest BCUT2D eigenvalue weighted by atomic mass is 9.67. The van der Waals surface area contributed by atoms with Gasteiger partial charge < -0.3 is 15.1 Å². The Balaban J connectivity index is 1.66. The van der Waals surface area contributed by atoms with E-state index in [2.05, 4.69) is 16.7 Å². The Morgan fingerprint density at radius 1 is 0.865 bits per heavy atom. The molecule has 7 rings (SSSR count). The molecule has 1 amide bonds. The Hall–Kier alpha value is -5.35. The Morgan fingerprint density at radius 2 is 1.59 bits per heavy atom. The summed E-state index contributed by atoms with van der Waals surface area (Å²) in [6, 6.07) is 32.9. The number of hydrogen-bond acceptors (Lipinski definition) is 5. The first kappa shape index (κ1) is 21.0. The number of benzene rings is 3. The van der Waals surface area contributed by atoms with Gasteiger partial charge in [0.05, 0.1) is 35.0 Å². The zero-order chi connectivity index (χ0) is 25.0. The maximum Gasteiger partial charge on any atom is 0.245 e. The second kappa shape index (κ2) is 7.83. The van der Waals surface area contributed by atoms with Crippen molar-refractivity contribution in [2.24, 2.45) is 0 Å². The normalized spacial score (nSPS) is 17.6. The van der Waals surface area contributed by atoms with Gasteiger partial charge in [-0.15, -0.1) is 0 Å². The van der Waals surface area contributed by atoms with Gasteiger partial charge in [-0.25, -0.2) is 4.68 Å². The van der Waals surface area contributed by atoms with Crippen LogP contribution < -0.4 is 10.6 Å². The average Bonchev–Trinajstić information content (AvgIpc) is 3.67. The minimum Gasteiger partial charge on any atom is -0.463 e. The number of nitrogens with one attached hydrogen (secondary N) is 2. The Labute approximate surface area is 212 Å². The monoisotopic (exact) mass is 481 g/mol. The van der Waals surface area contributed by atoms with Gasteiger partial charge in [0, 0.05) is 22.4 Å². The first-order chi connectivity index (χ1) is 18.2. The number of para-hydroxylation sites is 2. The molecule has 5 aromatic rings. The minimum absolute atomic E-state index is 0.252. The van der Waals surface area contributed by atoms with Crippen LogP contribution in [-0.2, 0) is 10.2 Å². The summed E-state index contributed by atoms with van der Waals surface area (Å²) >= 11 is 0. The van der Waals surface area contributed by atoms with Crippen LogP contribution in [0.3, 0.4) is 0 Å². The molecular weight excluding hydrogens is 462 g/mol. The molecule has 3 aromatic carbocycles. The highest BCUT2D eigenvalue weighted by atomic mass is 16.3. The van der Waals surface area contributed by atoms with Gasteiger partial charge in [0.25, 0.3) is 0 Å². The highest BCUT2D eigenvalue weighted by Gasteiger charge is 2.58. The van der Waals surface area contributed by atoms with E-state index in [-0.39, 0.29) is 11.5 Å². The van der Waals surface area contributed by atoms with Gasteiger partial charge in [-0.3, -0.25) is 4.79 Å². The third-order valence-corrected chi connectivity index (χ3v) is 6.98. The second-order valence-corrected chi connectivity index (χ2v) is 8.90. The van der Waals surface area contributed by atoms with Gasteiger partial charge in [-0.1, -0.05) is 66.7 Å². The predicted octanol–water partition coefficient (Wildman–Crippen LogP) is 5.73. The molecule has 0 aliphatic carbocycles. The van der Waals surface area contributed by atoms with Crippen molar-refractivity contribution >= 4 is 23.1 Å². The van der Waals surface area contributed by atoms with E-state index in [0.29, 0.717) is 39.8 Å². The van der Waals surface area contributed by atoms with Gasteiger partial charge in [0.2, 0.25) is 5.91 Å². The smallest absolute Gasteiger partial charge is 0.245 e. The molecule has 1 unspecified atom stereocenters. The molecule has 0 saturated carbocycles. The van der Waals surface area contributed by atoms with E-state index >= 15 is 0 Å². The number of fused-ring (bicyclic) bond motifs is 4. The molecule has 0 bridgehead atoms. The van der Waals surface area contributed by atoms with Crippen LogP contribution in [0.1, 0.15) is 16.9 Å². The second-order valence-electron chi connectivity index (χ2n) is 8.90. The summed E-state index contributed by atoms with van der Waals surface area (Å²) in [6.45, 7) is 0. The van der Waals surface area contributed by atoms with Crippen LogP contribution in [-0.4, -0.2) is 15.7 Å². The molecule has 7 heteroatoms. The van der Waals surface area contributed by atoms with Crippen LogP contribution in [0.15, 0.2) is 113 Å². The van der Waals surface area contributed by atoms with Gasteiger partial charge in [0.1, 0.15) is 11.2 Å². The van der Waals surface area contributed by atoms with E-state index in [1.165, 1.54) is 0 Å². The van der Waals surface area contributed by atoms with Crippen LogP contribution in [0.5, 0.6) is 0 Å². The number of carbonyl (C=O) groups excluding carboxylic acids is 1. The summed E-state index contributed by atoms with van der Waals surface area (Å²) in [5.41, 5.74) is 3.51. The first-order valence-corrected chi connectivity index (χ1v) is 11.8. The SMILES string of the molecule is N#CC1=C(c2ccco2)Nc2c(c(-c3ccccc3)nn2-c2ccccc2)C12C(=O)Nc1ccccc12. The van der Waals surface area contributed by atoms with Crippen LogP contribution in [0.4, 0.5) is 11.5 Å². The van der Waals surface area contributed by atoms with Crippen molar-refractivity contribution in [1.82, 2.24) is 9.78 Å². The van der Waals surface area contributed by atoms with Gasteiger partial charge in [-0.2, -0.15) is 10.4 Å². The standard InChI is InChI=1S/C30H19N5O2/c31-18-22-27(24-16-9-17-37-24)33-28-25(30(22)21-14-7-8-15-23(21)32-29(30)36)26(19-10-3-1-4-11-19)34-35(28)20-12-5-2-6-13-20/h1-17,33H,(H,32,36). The highest BCUT2D eigenvalue weighted by molar-refractivity contribution is 6.16. The number of nitrogens with zero attached hydrogens (tertiary/aromatic N) is 3. The van der Waals surface area contributed by atoms with Crippen molar-refractivity contribution in [1.29, 1.82) is 5.26 Å². The van der Waals surface area contributed by atoms with Crippen LogP contribution in [0.25, 0.3) is 22.6 Å². The van der Waals surface area contributed by atoms with Crippen molar-refractivity contribution in [2.45, 2.75) is 5.41 Å². The average molecular weight is 482 g/mol. The van der Waals surface area contributed by atoms with Crippen molar-refractivity contribution in [3.63, 3.8) is 0 Å². The van der Waals surface area contributed by atoms with E-state index in [4.69, 9.17) is 9.52 Å². The van der Waals surface area contributed by atoms with Crippen molar-refractivity contribution in [3.05, 3.63) is 126 Å². The van der Waals surface area contributed by atoms with Gasteiger partial charge >= 0.3 is 0 Å². The number of rotatable bonds is 3. The summed E-state index contributed by atoms with van der Waals surface area (Å²) in [5.74, 6) is 0.755. The lowest BCUT2D eigenvalue weighted by Crippen LogP contribution is -2.41. The quantitative estimate of drug-likeness (QED) is 0.343. The molecule has 4 heterocycles. The fourth-order valence-corrected chi connectivity index (χ4v) is 5.44. The molecule has 0 fully saturated rings. The maximum absolute atomic E-state index is 14.2. The molecule has 176 valence electrons. The number of furan rings is 1.